The van der Waals surface area contributed by atoms with Crippen molar-refractivity contribution in [3.63, 3.8) is 0 Å². The van der Waals surface area contributed by atoms with Crippen LogP contribution >= 0.6 is 0 Å². The molecular formula is C24H29NO10. The number of carbonyl (C=O) groups excluding carboxylic acids is 3. The predicted molar refractivity (Wildman–Crippen MR) is 121 cm³/mol. The van der Waals surface area contributed by atoms with E-state index in [9.17, 15) is 39.9 Å². The minimum absolute atomic E-state index is 0.0667. The Kier molecular flexibility index (Phi) is 8.08. The third-order valence-corrected chi connectivity index (χ3v) is 5.82. The number of benzene rings is 1. The maximum atomic E-state index is 13.3. The first-order valence-electron chi connectivity index (χ1n) is 11.0. The van der Waals surface area contributed by atoms with Crippen LogP contribution in [0, 0.1) is 0 Å². The molecule has 0 spiro atoms. The van der Waals surface area contributed by atoms with E-state index >= 15 is 0 Å². The Bertz CT molecular complexity index is 1070. The summed E-state index contributed by atoms with van der Waals surface area (Å²) < 4.78 is 11.6. The molecule has 190 valence electrons. The van der Waals surface area contributed by atoms with E-state index in [0.717, 1.165) is 23.8 Å². The molecule has 1 aromatic carbocycles. The molecule has 1 saturated heterocycles. The molecule has 11 nitrogen and oxygen atoms in total. The standard InChI is InChI=1S/C24H29NO10/c1-10(2)4-7-16(12-8-15(30)18-13(28)5-6-14(29)19(18)21(12)31)34-24-20(25-11(3)27)23(33)22(32)17(9-26)35-24/h4-6,8,16-17,20,22-24,26,28-29,32-33H,7,9H2,1-3H3,(H,25,27)/t16-,17+,20+,22+,23+,24+/m0/s1. The summed E-state index contributed by atoms with van der Waals surface area (Å²) in [5.74, 6) is -2.99. The summed E-state index contributed by atoms with van der Waals surface area (Å²) in [5, 5.41) is 53.1. The SMILES string of the molecule is CC(=O)N[C@H]1[C@H](O[C@@H](CC=C(C)C)C2=CC(=O)c3c(O)ccc(O)c3C2=O)O[C@H](CO)[C@@H](O)[C@@H]1O. The molecule has 1 heterocycles. The minimum atomic E-state index is -1.57. The van der Waals surface area contributed by atoms with Gasteiger partial charge in [0.05, 0.1) is 23.8 Å². The van der Waals surface area contributed by atoms with Crippen LogP contribution in [-0.4, -0.2) is 86.4 Å². The first-order chi connectivity index (χ1) is 16.5. The summed E-state index contributed by atoms with van der Waals surface area (Å²) in [6, 6.07) is 0.930. The molecule has 1 amide bonds. The van der Waals surface area contributed by atoms with Crippen molar-refractivity contribution in [2.75, 3.05) is 6.61 Å². The Morgan fingerprint density at radius 1 is 1.11 bits per heavy atom. The van der Waals surface area contributed by atoms with Crippen molar-refractivity contribution in [2.45, 2.75) is 63.9 Å². The number of allylic oxidation sites excluding steroid dienone is 2. The Morgan fingerprint density at radius 3 is 2.31 bits per heavy atom. The second-order valence-corrected chi connectivity index (χ2v) is 8.72. The van der Waals surface area contributed by atoms with Gasteiger partial charge in [0.2, 0.25) is 5.91 Å². The summed E-state index contributed by atoms with van der Waals surface area (Å²) in [7, 11) is 0. The normalized spacial score (nSPS) is 27.0. The molecule has 3 rings (SSSR count). The highest BCUT2D eigenvalue weighted by atomic mass is 16.7. The van der Waals surface area contributed by atoms with Gasteiger partial charge >= 0.3 is 0 Å². The highest BCUT2D eigenvalue weighted by molar-refractivity contribution is 6.27. The van der Waals surface area contributed by atoms with E-state index in [1.807, 2.05) is 0 Å². The number of hydrogen-bond acceptors (Lipinski definition) is 10. The van der Waals surface area contributed by atoms with E-state index in [-0.39, 0.29) is 23.1 Å². The molecule has 0 bridgehead atoms. The zero-order valence-electron chi connectivity index (χ0n) is 19.5. The number of Topliss-reactive ketones (excluding diaryl/α,β-unsaturated/α-hetero) is 1. The molecule has 0 radical (unpaired) electrons. The number of ether oxygens (including phenoxy) is 2. The first kappa shape index (κ1) is 26.5. The van der Waals surface area contributed by atoms with Gasteiger partial charge in [0, 0.05) is 12.5 Å². The average molecular weight is 491 g/mol. The Morgan fingerprint density at radius 2 is 1.74 bits per heavy atom. The number of amides is 1. The van der Waals surface area contributed by atoms with Gasteiger partial charge in [-0.05, 0) is 38.5 Å². The topological polar surface area (TPSA) is 183 Å². The van der Waals surface area contributed by atoms with E-state index in [4.69, 9.17) is 9.47 Å². The van der Waals surface area contributed by atoms with Gasteiger partial charge in [-0.15, -0.1) is 0 Å². The third kappa shape index (κ3) is 5.44. The number of fused-ring (bicyclic) bond motifs is 1. The first-order valence-corrected chi connectivity index (χ1v) is 11.0. The van der Waals surface area contributed by atoms with E-state index in [1.54, 1.807) is 19.9 Å². The van der Waals surface area contributed by atoms with Crippen molar-refractivity contribution < 1.29 is 49.4 Å². The van der Waals surface area contributed by atoms with Crippen molar-refractivity contribution in [3.8, 4) is 11.5 Å². The van der Waals surface area contributed by atoms with Crippen molar-refractivity contribution in [1.82, 2.24) is 5.32 Å². The summed E-state index contributed by atoms with van der Waals surface area (Å²) in [5.41, 5.74) is 0.0159. The van der Waals surface area contributed by atoms with Gasteiger partial charge in [0.1, 0.15) is 35.9 Å². The Labute approximate surface area is 201 Å². The number of phenolic OH excluding ortho intramolecular Hbond substituents is 2. The van der Waals surface area contributed by atoms with Crippen molar-refractivity contribution in [1.29, 1.82) is 0 Å². The number of ketones is 2. The molecule has 1 aliphatic carbocycles. The van der Waals surface area contributed by atoms with Crippen LogP contribution in [0.5, 0.6) is 11.5 Å². The number of hydrogen-bond donors (Lipinski definition) is 6. The maximum Gasteiger partial charge on any atom is 0.217 e. The lowest BCUT2D eigenvalue weighted by Crippen LogP contribution is -2.65. The number of phenols is 2. The zero-order chi connectivity index (χ0) is 26.0. The molecule has 1 aromatic rings. The lowest BCUT2D eigenvalue weighted by Gasteiger charge is -2.43. The number of carbonyl (C=O) groups is 3. The molecule has 11 heteroatoms. The number of aliphatic hydroxyl groups excluding tert-OH is 3. The third-order valence-electron chi connectivity index (χ3n) is 5.82. The summed E-state index contributed by atoms with van der Waals surface area (Å²) in [6.07, 6.45) is -4.13. The predicted octanol–water partition coefficient (Wildman–Crippen LogP) is 0.0884. The van der Waals surface area contributed by atoms with Gasteiger partial charge < -0.3 is 40.3 Å². The lowest BCUT2D eigenvalue weighted by atomic mass is 9.85. The van der Waals surface area contributed by atoms with Crippen LogP contribution < -0.4 is 5.32 Å². The maximum absolute atomic E-state index is 13.3. The van der Waals surface area contributed by atoms with E-state index in [2.05, 4.69) is 5.32 Å². The van der Waals surface area contributed by atoms with Gasteiger partial charge in [-0.3, -0.25) is 14.4 Å². The van der Waals surface area contributed by atoms with Crippen molar-refractivity contribution in [2.24, 2.45) is 0 Å². The lowest BCUT2D eigenvalue weighted by molar-refractivity contribution is -0.277. The molecule has 2 aliphatic rings. The van der Waals surface area contributed by atoms with Crippen LogP contribution in [0.25, 0.3) is 0 Å². The van der Waals surface area contributed by atoms with Crippen LogP contribution in [-0.2, 0) is 14.3 Å². The largest absolute Gasteiger partial charge is 0.507 e. The molecule has 0 saturated carbocycles. The number of rotatable bonds is 7. The highest BCUT2D eigenvalue weighted by Crippen LogP contribution is 2.37. The van der Waals surface area contributed by atoms with Crippen LogP contribution in [0.3, 0.4) is 0 Å². The summed E-state index contributed by atoms with van der Waals surface area (Å²) in [4.78, 5) is 37.8. The molecule has 6 atom stereocenters. The van der Waals surface area contributed by atoms with E-state index < -0.39 is 72.3 Å². The number of aliphatic hydroxyl groups is 3. The van der Waals surface area contributed by atoms with E-state index in [0.29, 0.717) is 0 Å². The fourth-order valence-corrected chi connectivity index (χ4v) is 4.07. The van der Waals surface area contributed by atoms with Gasteiger partial charge in [-0.1, -0.05) is 11.6 Å². The molecule has 35 heavy (non-hydrogen) atoms. The fourth-order valence-electron chi connectivity index (χ4n) is 4.07. The number of aromatic hydroxyl groups is 2. The Hall–Kier alpha value is -3.09. The van der Waals surface area contributed by atoms with Crippen LogP contribution in [0.4, 0.5) is 0 Å². The highest BCUT2D eigenvalue weighted by Gasteiger charge is 2.47. The molecular weight excluding hydrogens is 462 g/mol. The van der Waals surface area contributed by atoms with Gasteiger partial charge in [0.15, 0.2) is 17.9 Å². The average Bonchev–Trinajstić information content (AvgIpc) is 2.79. The minimum Gasteiger partial charge on any atom is -0.507 e. The monoisotopic (exact) mass is 491 g/mol. The number of nitrogens with one attached hydrogen (secondary N) is 1. The molecule has 0 unspecified atom stereocenters. The molecule has 6 N–H and O–H groups in total. The van der Waals surface area contributed by atoms with E-state index in [1.165, 1.54) is 6.92 Å². The zero-order valence-corrected chi connectivity index (χ0v) is 19.5. The quantitative estimate of drug-likeness (QED) is 0.226. The fraction of sp³-hybridized carbons (Fsp3) is 0.458. The summed E-state index contributed by atoms with van der Waals surface area (Å²) >= 11 is 0. The van der Waals surface area contributed by atoms with Crippen LogP contribution in [0.1, 0.15) is 47.9 Å². The Balaban J connectivity index is 2.02. The second kappa shape index (κ2) is 10.7. The summed E-state index contributed by atoms with van der Waals surface area (Å²) in [6.45, 7) is 4.13. The van der Waals surface area contributed by atoms with Gasteiger partial charge in [-0.25, -0.2) is 0 Å². The van der Waals surface area contributed by atoms with Crippen molar-refractivity contribution >= 4 is 17.5 Å². The molecule has 1 fully saturated rings. The molecule has 0 aromatic heterocycles. The van der Waals surface area contributed by atoms with Gasteiger partial charge in [-0.2, -0.15) is 0 Å². The van der Waals surface area contributed by atoms with Gasteiger partial charge in [0.25, 0.3) is 0 Å². The van der Waals surface area contributed by atoms with Crippen LogP contribution in [0.15, 0.2) is 35.4 Å². The second-order valence-electron chi connectivity index (χ2n) is 8.72. The van der Waals surface area contributed by atoms with Crippen LogP contribution in [0.2, 0.25) is 0 Å². The van der Waals surface area contributed by atoms with Crippen molar-refractivity contribution in [3.05, 3.63) is 46.6 Å². The smallest absolute Gasteiger partial charge is 0.217 e. The molecule has 1 aliphatic heterocycles.